The summed E-state index contributed by atoms with van der Waals surface area (Å²) in [4.78, 5) is 16.4. The molecule has 0 saturated carbocycles. The van der Waals surface area contributed by atoms with E-state index in [0.717, 1.165) is 5.56 Å². The van der Waals surface area contributed by atoms with Crippen molar-refractivity contribution in [1.29, 1.82) is 0 Å². The van der Waals surface area contributed by atoms with Gasteiger partial charge in [-0.2, -0.15) is 0 Å². The van der Waals surface area contributed by atoms with Crippen LogP contribution in [0.5, 0.6) is 0 Å². The monoisotopic (exact) mass is 238 g/mol. The highest BCUT2D eigenvalue weighted by atomic mass is 16.1. The van der Waals surface area contributed by atoms with Crippen LogP contribution in [-0.4, -0.2) is 15.3 Å². The van der Waals surface area contributed by atoms with Gasteiger partial charge in [0.15, 0.2) is 0 Å². The first-order valence-corrected chi connectivity index (χ1v) is 5.76. The second kappa shape index (κ2) is 4.89. The van der Waals surface area contributed by atoms with Crippen LogP contribution in [0.2, 0.25) is 0 Å². The van der Waals surface area contributed by atoms with Crippen molar-refractivity contribution in [1.82, 2.24) is 9.55 Å². The molecule has 0 fully saturated rings. The zero-order valence-electron chi connectivity index (χ0n) is 10.4. The predicted molar refractivity (Wildman–Crippen MR) is 70.4 cm³/mol. The van der Waals surface area contributed by atoms with Crippen molar-refractivity contribution in [3.05, 3.63) is 53.6 Å². The summed E-state index contributed by atoms with van der Waals surface area (Å²) in [6, 6.07) is 7.23. The fourth-order valence-corrected chi connectivity index (χ4v) is 1.76. The summed E-state index contributed by atoms with van der Waals surface area (Å²) in [6.07, 6.45) is 8.55. The summed E-state index contributed by atoms with van der Waals surface area (Å²) in [5.74, 6) is 2.49. The van der Waals surface area contributed by atoms with Crippen LogP contribution >= 0.6 is 0 Å². The largest absolute Gasteiger partial charge is 0.325 e. The zero-order valence-corrected chi connectivity index (χ0v) is 10.4. The summed E-state index contributed by atoms with van der Waals surface area (Å²) < 4.78 is 1.86. The van der Waals surface area contributed by atoms with E-state index in [4.69, 9.17) is 6.42 Å². The summed E-state index contributed by atoms with van der Waals surface area (Å²) in [6.45, 7) is 4.03. The van der Waals surface area contributed by atoms with Crippen molar-refractivity contribution in [2.45, 2.75) is 19.9 Å². The normalized spacial score (nSPS) is 10.3. The summed E-state index contributed by atoms with van der Waals surface area (Å²) in [7, 11) is 0. The van der Waals surface area contributed by atoms with Gasteiger partial charge in [-0.3, -0.25) is 4.79 Å². The molecule has 2 rings (SSSR count). The van der Waals surface area contributed by atoms with Crippen LogP contribution in [-0.2, 0) is 0 Å². The minimum atomic E-state index is -0.0372. The Labute approximate surface area is 106 Å². The Kier molecular flexibility index (Phi) is 3.29. The molecular formula is C15H14N2O. The summed E-state index contributed by atoms with van der Waals surface area (Å²) in [5.41, 5.74) is 1.98. The molecule has 0 aliphatic rings. The van der Waals surface area contributed by atoms with E-state index in [-0.39, 0.29) is 11.8 Å². The number of nitrogens with zero attached hydrogens (tertiary/aromatic N) is 2. The molecule has 0 bridgehead atoms. The Morgan fingerprint density at radius 2 is 2.00 bits per heavy atom. The molecule has 0 unspecified atom stereocenters. The van der Waals surface area contributed by atoms with E-state index in [1.165, 1.54) is 0 Å². The van der Waals surface area contributed by atoms with E-state index in [2.05, 4.69) is 10.9 Å². The molecule has 0 amide bonds. The third kappa shape index (κ3) is 2.18. The van der Waals surface area contributed by atoms with Gasteiger partial charge in [-0.05, 0) is 38.1 Å². The maximum Gasteiger partial charge on any atom is 0.211 e. The maximum atomic E-state index is 12.3. The van der Waals surface area contributed by atoms with Gasteiger partial charge in [0, 0.05) is 17.2 Å². The Balaban J connectivity index is 2.36. The molecule has 0 spiro atoms. The topological polar surface area (TPSA) is 34.9 Å². The van der Waals surface area contributed by atoms with E-state index in [1.807, 2.05) is 18.4 Å². The minimum Gasteiger partial charge on any atom is -0.325 e. The molecule has 0 radical (unpaired) electrons. The summed E-state index contributed by atoms with van der Waals surface area (Å²) >= 11 is 0. The van der Waals surface area contributed by atoms with Gasteiger partial charge in [0.05, 0.1) is 12.5 Å². The number of carbonyl (C=O) groups excluding carboxylic acids is 1. The molecule has 1 aromatic carbocycles. The number of aromatic nitrogens is 2. The van der Waals surface area contributed by atoms with E-state index in [1.54, 1.807) is 36.8 Å². The van der Waals surface area contributed by atoms with E-state index < -0.39 is 0 Å². The lowest BCUT2D eigenvalue weighted by atomic mass is 10.1. The van der Waals surface area contributed by atoms with E-state index >= 15 is 0 Å². The second-order valence-corrected chi connectivity index (χ2v) is 4.33. The lowest BCUT2D eigenvalue weighted by Gasteiger charge is -2.10. The molecule has 0 atom stereocenters. The molecule has 3 nitrogen and oxygen atoms in total. The molecule has 0 saturated heterocycles. The standard InChI is InChI=1S/C15H14N2O/c1-4-12-5-7-13(8-6-12)15(18)14-9-16-10-17(14)11(2)3/h1,5-11H,2-3H3. The molecule has 1 aromatic heterocycles. The van der Waals surface area contributed by atoms with Gasteiger partial charge in [-0.1, -0.05) is 5.92 Å². The van der Waals surface area contributed by atoms with Crippen LogP contribution < -0.4 is 0 Å². The second-order valence-electron chi connectivity index (χ2n) is 4.33. The van der Waals surface area contributed by atoms with Crippen LogP contribution in [0.3, 0.4) is 0 Å². The number of imidazole rings is 1. The van der Waals surface area contributed by atoms with Gasteiger partial charge in [0.1, 0.15) is 5.69 Å². The molecule has 3 heteroatoms. The van der Waals surface area contributed by atoms with Crippen molar-refractivity contribution < 1.29 is 4.79 Å². The minimum absolute atomic E-state index is 0.0372. The number of benzene rings is 1. The maximum absolute atomic E-state index is 12.3. The molecule has 90 valence electrons. The third-order valence-corrected chi connectivity index (χ3v) is 2.77. The average molecular weight is 238 g/mol. The molecule has 0 N–H and O–H groups in total. The van der Waals surface area contributed by atoms with Crippen molar-refractivity contribution in [2.24, 2.45) is 0 Å². The molecule has 1 heterocycles. The lowest BCUT2D eigenvalue weighted by molar-refractivity contribution is 0.102. The molecule has 0 aliphatic heterocycles. The van der Waals surface area contributed by atoms with Gasteiger partial charge in [0.25, 0.3) is 0 Å². The van der Waals surface area contributed by atoms with Crippen LogP contribution in [0.15, 0.2) is 36.8 Å². The van der Waals surface area contributed by atoms with Gasteiger partial charge in [0.2, 0.25) is 5.78 Å². The SMILES string of the molecule is C#Cc1ccc(C(=O)c2cncn2C(C)C)cc1. The van der Waals surface area contributed by atoms with Gasteiger partial charge < -0.3 is 4.57 Å². The highest BCUT2D eigenvalue weighted by Crippen LogP contribution is 2.14. The van der Waals surface area contributed by atoms with Crippen LogP contribution in [0, 0.1) is 12.3 Å². The van der Waals surface area contributed by atoms with Crippen molar-refractivity contribution >= 4 is 5.78 Å². The van der Waals surface area contributed by atoms with Crippen molar-refractivity contribution in [2.75, 3.05) is 0 Å². The molecule has 2 aromatic rings. The Morgan fingerprint density at radius 1 is 1.33 bits per heavy atom. The number of hydrogen-bond donors (Lipinski definition) is 0. The highest BCUT2D eigenvalue weighted by Gasteiger charge is 2.15. The fraction of sp³-hybridized carbons (Fsp3) is 0.200. The first-order chi connectivity index (χ1) is 8.63. The molecule has 18 heavy (non-hydrogen) atoms. The zero-order chi connectivity index (χ0) is 13.1. The van der Waals surface area contributed by atoms with Crippen LogP contribution in [0.25, 0.3) is 0 Å². The lowest BCUT2D eigenvalue weighted by Crippen LogP contribution is -2.11. The van der Waals surface area contributed by atoms with Gasteiger partial charge in [-0.15, -0.1) is 6.42 Å². The highest BCUT2D eigenvalue weighted by molar-refractivity contribution is 6.07. The number of terminal acetylenes is 1. The predicted octanol–water partition coefficient (Wildman–Crippen LogP) is 2.68. The smallest absolute Gasteiger partial charge is 0.211 e. The van der Waals surface area contributed by atoms with Crippen LogP contribution in [0.4, 0.5) is 0 Å². The number of hydrogen-bond acceptors (Lipinski definition) is 2. The quantitative estimate of drug-likeness (QED) is 0.608. The number of ketones is 1. The van der Waals surface area contributed by atoms with Crippen molar-refractivity contribution in [3.63, 3.8) is 0 Å². The van der Waals surface area contributed by atoms with E-state index in [9.17, 15) is 4.79 Å². The molecular weight excluding hydrogens is 224 g/mol. The molecule has 0 aliphatic carbocycles. The first-order valence-electron chi connectivity index (χ1n) is 5.76. The fourth-order valence-electron chi connectivity index (χ4n) is 1.76. The third-order valence-electron chi connectivity index (χ3n) is 2.77. The Bertz CT molecular complexity index is 600. The Morgan fingerprint density at radius 3 is 2.56 bits per heavy atom. The van der Waals surface area contributed by atoms with Crippen molar-refractivity contribution in [3.8, 4) is 12.3 Å². The van der Waals surface area contributed by atoms with Gasteiger partial charge in [-0.25, -0.2) is 4.98 Å². The Hall–Kier alpha value is -2.34. The van der Waals surface area contributed by atoms with Gasteiger partial charge >= 0.3 is 0 Å². The average Bonchev–Trinajstić information content (AvgIpc) is 2.87. The number of rotatable bonds is 3. The van der Waals surface area contributed by atoms with Crippen LogP contribution in [0.1, 0.15) is 41.5 Å². The van der Waals surface area contributed by atoms with E-state index in [0.29, 0.717) is 11.3 Å². The first kappa shape index (κ1) is 12.1. The summed E-state index contributed by atoms with van der Waals surface area (Å²) in [5, 5.41) is 0. The number of carbonyl (C=O) groups is 1.